The molecule has 8 nitrogen and oxygen atoms in total. The van der Waals surface area contributed by atoms with Crippen LogP contribution < -0.4 is 0 Å². The van der Waals surface area contributed by atoms with Crippen molar-refractivity contribution in [1.29, 1.82) is 5.26 Å². The molecule has 9 heteroatoms. The smallest absolute Gasteiger partial charge is 0.275 e. The number of aryl methyl sites for hydroxylation is 2. The predicted molar refractivity (Wildman–Crippen MR) is 114 cm³/mol. The van der Waals surface area contributed by atoms with Gasteiger partial charge in [-0.1, -0.05) is 6.92 Å². The van der Waals surface area contributed by atoms with Gasteiger partial charge in [-0.25, -0.2) is 9.37 Å². The molecular formula is C23H24FN7O. The minimum atomic E-state index is -0.488. The lowest BCUT2D eigenvalue weighted by molar-refractivity contribution is 0.0492. The third-order valence-electron chi connectivity index (χ3n) is 5.95. The van der Waals surface area contributed by atoms with E-state index in [0.29, 0.717) is 36.5 Å². The summed E-state index contributed by atoms with van der Waals surface area (Å²) in [5.74, 6) is -0.408. The van der Waals surface area contributed by atoms with Crippen molar-refractivity contribution in [2.45, 2.75) is 45.6 Å². The zero-order valence-corrected chi connectivity index (χ0v) is 18.1. The molecule has 1 saturated heterocycles. The van der Waals surface area contributed by atoms with Crippen molar-refractivity contribution in [2.24, 2.45) is 5.92 Å². The minimum Gasteiger partial charge on any atom is -0.334 e. The molecule has 164 valence electrons. The molecule has 1 aliphatic rings. The highest BCUT2D eigenvalue weighted by atomic mass is 19.1. The summed E-state index contributed by atoms with van der Waals surface area (Å²) in [6.07, 6.45) is 7.33. The van der Waals surface area contributed by atoms with Crippen molar-refractivity contribution >= 4 is 5.91 Å². The van der Waals surface area contributed by atoms with E-state index in [2.05, 4.69) is 27.1 Å². The molecule has 1 aliphatic heterocycles. The second kappa shape index (κ2) is 9.22. The summed E-state index contributed by atoms with van der Waals surface area (Å²) in [5, 5.41) is 17.2. The quantitative estimate of drug-likeness (QED) is 0.612. The number of amides is 1. The van der Waals surface area contributed by atoms with E-state index in [-0.39, 0.29) is 23.4 Å². The molecule has 3 aromatic rings. The van der Waals surface area contributed by atoms with Gasteiger partial charge in [0.05, 0.1) is 23.7 Å². The Kier molecular flexibility index (Phi) is 6.21. The molecule has 32 heavy (non-hydrogen) atoms. The van der Waals surface area contributed by atoms with Crippen LogP contribution in [-0.4, -0.2) is 48.4 Å². The Morgan fingerprint density at radius 1 is 1.31 bits per heavy atom. The van der Waals surface area contributed by atoms with Crippen LogP contribution in [0.1, 0.15) is 53.6 Å². The van der Waals surface area contributed by atoms with Crippen molar-refractivity contribution in [2.75, 3.05) is 6.54 Å². The number of nitriles is 1. The molecule has 0 aliphatic carbocycles. The number of pyridine rings is 2. The summed E-state index contributed by atoms with van der Waals surface area (Å²) in [6, 6.07) is 6.65. The van der Waals surface area contributed by atoms with Crippen molar-refractivity contribution in [3.05, 3.63) is 65.3 Å². The molecule has 0 saturated carbocycles. The van der Waals surface area contributed by atoms with Gasteiger partial charge in [0.1, 0.15) is 17.6 Å². The number of hydrogen-bond acceptors (Lipinski definition) is 6. The van der Waals surface area contributed by atoms with Crippen LogP contribution in [0.25, 0.3) is 5.69 Å². The molecule has 0 radical (unpaired) electrons. The van der Waals surface area contributed by atoms with E-state index < -0.39 is 5.82 Å². The van der Waals surface area contributed by atoms with Crippen LogP contribution in [0.5, 0.6) is 0 Å². The third kappa shape index (κ3) is 4.35. The minimum absolute atomic E-state index is 0.0752. The highest BCUT2D eigenvalue weighted by Gasteiger charge is 2.34. The Bertz CT molecular complexity index is 1160. The first kappa shape index (κ1) is 21.6. The van der Waals surface area contributed by atoms with Crippen molar-refractivity contribution in [1.82, 2.24) is 29.9 Å². The molecule has 0 spiro atoms. The topological polar surface area (TPSA) is 101 Å². The van der Waals surface area contributed by atoms with Gasteiger partial charge in [-0.3, -0.25) is 9.78 Å². The van der Waals surface area contributed by atoms with Crippen LogP contribution in [0, 0.1) is 30.0 Å². The summed E-state index contributed by atoms with van der Waals surface area (Å²) in [5.41, 5.74) is 2.07. The average molecular weight is 433 g/mol. The molecule has 3 aromatic heterocycles. The number of likely N-dealkylation sites (tertiary alicyclic amines) is 1. The second-order valence-corrected chi connectivity index (χ2v) is 8.13. The maximum absolute atomic E-state index is 14.3. The number of rotatable bonds is 5. The summed E-state index contributed by atoms with van der Waals surface area (Å²) < 4.78 is 14.3. The van der Waals surface area contributed by atoms with Gasteiger partial charge in [0.2, 0.25) is 0 Å². The van der Waals surface area contributed by atoms with Crippen molar-refractivity contribution in [3.8, 4) is 11.8 Å². The Morgan fingerprint density at radius 3 is 2.81 bits per heavy atom. The van der Waals surface area contributed by atoms with Crippen molar-refractivity contribution < 1.29 is 9.18 Å². The summed E-state index contributed by atoms with van der Waals surface area (Å²) in [4.78, 5) is 25.5. The molecule has 1 fully saturated rings. The largest absolute Gasteiger partial charge is 0.334 e. The number of carbonyl (C=O) groups excluding carboxylic acids is 1. The fourth-order valence-electron chi connectivity index (χ4n) is 4.28. The van der Waals surface area contributed by atoms with Gasteiger partial charge in [0.25, 0.3) is 5.91 Å². The van der Waals surface area contributed by atoms with Crippen molar-refractivity contribution in [3.63, 3.8) is 0 Å². The zero-order valence-electron chi connectivity index (χ0n) is 18.1. The van der Waals surface area contributed by atoms with Gasteiger partial charge < -0.3 is 4.90 Å². The Balaban J connectivity index is 1.60. The molecule has 0 bridgehead atoms. The summed E-state index contributed by atoms with van der Waals surface area (Å²) in [7, 11) is 0. The van der Waals surface area contributed by atoms with E-state index in [1.54, 1.807) is 18.5 Å². The lowest BCUT2D eigenvalue weighted by Gasteiger charge is -2.40. The molecular weight excluding hydrogens is 409 g/mol. The normalized spacial score (nSPS) is 18.4. The van der Waals surface area contributed by atoms with Crippen LogP contribution >= 0.6 is 0 Å². The van der Waals surface area contributed by atoms with Crippen LogP contribution in [0.4, 0.5) is 4.39 Å². The number of carbonyl (C=O) groups is 1. The maximum atomic E-state index is 14.3. The number of nitrogens with zero attached hydrogens (tertiary/aromatic N) is 7. The lowest BCUT2D eigenvalue weighted by Crippen LogP contribution is -2.48. The highest BCUT2D eigenvalue weighted by Crippen LogP contribution is 2.29. The standard InChI is InChI=1S/C23H24FN7O/c1-15-4-3-11-30(20(15)8-6-19-18(24)12-17(13-25)14-26-19)23(32)22-21(7-5-16(2)29-22)31-27-9-10-28-31/h5,7,9-10,12,14-15,20H,3-4,6,8,11H2,1-2H3/t15-,20-/m1/s1. The number of aromatic nitrogens is 5. The molecule has 0 aromatic carbocycles. The summed E-state index contributed by atoms with van der Waals surface area (Å²) >= 11 is 0. The zero-order chi connectivity index (χ0) is 22.7. The maximum Gasteiger partial charge on any atom is 0.275 e. The third-order valence-corrected chi connectivity index (χ3v) is 5.95. The Morgan fingerprint density at radius 2 is 2.09 bits per heavy atom. The molecule has 0 unspecified atom stereocenters. The number of piperidine rings is 1. The van der Waals surface area contributed by atoms with Crippen LogP contribution in [-0.2, 0) is 6.42 Å². The Hall–Kier alpha value is -3.67. The fourth-order valence-corrected chi connectivity index (χ4v) is 4.28. The fraction of sp³-hybridized carbons (Fsp3) is 0.391. The number of halogens is 1. The first-order valence-corrected chi connectivity index (χ1v) is 10.7. The van der Waals surface area contributed by atoms with Gasteiger partial charge in [0.15, 0.2) is 5.69 Å². The van der Waals surface area contributed by atoms with Gasteiger partial charge >= 0.3 is 0 Å². The van der Waals surface area contributed by atoms with E-state index in [0.717, 1.165) is 18.5 Å². The molecule has 2 atom stereocenters. The van der Waals surface area contributed by atoms with Gasteiger partial charge in [-0.05, 0) is 56.7 Å². The van der Waals surface area contributed by atoms with E-state index in [4.69, 9.17) is 5.26 Å². The van der Waals surface area contributed by atoms with E-state index in [1.807, 2.05) is 24.0 Å². The molecule has 4 heterocycles. The monoisotopic (exact) mass is 433 g/mol. The van der Waals surface area contributed by atoms with E-state index >= 15 is 0 Å². The lowest BCUT2D eigenvalue weighted by atomic mass is 9.87. The summed E-state index contributed by atoms with van der Waals surface area (Å²) in [6.45, 7) is 4.57. The predicted octanol–water partition coefficient (Wildman–Crippen LogP) is 3.25. The average Bonchev–Trinajstić information content (AvgIpc) is 3.33. The van der Waals surface area contributed by atoms with Crippen LogP contribution in [0.3, 0.4) is 0 Å². The van der Waals surface area contributed by atoms with E-state index in [1.165, 1.54) is 17.1 Å². The van der Waals surface area contributed by atoms with Gasteiger partial charge in [0, 0.05) is 24.5 Å². The molecule has 4 rings (SSSR count). The van der Waals surface area contributed by atoms with Gasteiger partial charge in [-0.2, -0.15) is 15.5 Å². The molecule has 1 amide bonds. The first-order chi connectivity index (χ1) is 15.5. The second-order valence-electron chi connectivity index (χ2n) is 8.13. The Labute approximate surface area is 185 Å². The SMILES string of the molecule is Cc1ccc(-n2nccn2)c(C(=O)N2CCC[C@@H](C)[C@H]2CCc2ncc(C#N)cc2F)n1. The van der Waals surface area contributed by atoms with Crippen LogP contribution in [0.2, 0.25) is 0 Å². The van der Waals surface area contributed by atoms with Crippen LogP contribution in [0.15, 0.2) is 36.8 Å². The molecule has 0 N–H and O–H groups in total. The highest BCUT2D eigenvalue weighted by molar-refractivity contribution is 5.96. The number of hydrogen-bond donors (Lipinski definition) is 0. The van der Waals surface area contributed by atoms with E-state index in [9.17, 15) is 9.18 Å². The van der Waals surface area contributed by atoms with Gasteiger partial charge in [-0.15, -0.1) is 4.80 Å². The first-order valence-electron chi connectivity index (χ1n) is 10.7.